The number of benzene rings is 1. The van der Waals surface area contributed by atoms with Crippen LogP contribution in [0.25, 0.3) is 0 Å². The van der Waals surface area contributed by atoms with Crippen LogP contribution in [0, 0.1) is 0 Å². The average molecular weight is 409 g/mol. The summed E-state index contributed by atoms with van der Waals surface area (Å²) < 4.78 is 0. The molecule has 0 spiro atoms. The molecule has 1 rings (SSSR count). The number of aliphatic hydroxyl groups excluding tert-OH is 2. The van der Waals surface area contributed by atoms with Gasteiger partial charge in [-0.1, -0.05) is 76.8 Å². The number of phenols is 1. The molecular formula is C24H40O5. The Labute approximate surface area is 175 Å². The molecule has 1 aromatic carbocycles. The summed E-state index contributed by atoms with van der Waals surface area (Å²) in [6, 6.07) is 4.90. The molecule has 0 amide bonds. The molecule has 0 bridgehead atoms. The van der Waals surface area contributed by atoms with Crippen LogP contribution in [0.5, 0.6) is 5.75 Å². The zero-order chi connectivity index (χ0) is 21.5. The minimum Gasteiger partial charge on any atom is -0.507 e. The highest BCUT2D eigenvalue weighted by Gasteiger charge is 2.14. The largest absolute Gasteiger partial charge is 0.507 e. The molecule has 0 fully saturated rings. The number of rotatable bonds is 17. The van der Waals surface area contributed by atoms with E-state index in [1.54, 1.807) is 12.1 Å². The normalized spacial score (nSPS) is 13.3. The van der Waals surface area contributed by atoms with Crippen LogP contribution in [0.3, 0.4) is 0 Å². The van der Waals surface area contributed by atoms with Crippen LogP contribution in [-0.2, 0) is 6.42 Å². The van der Waals surface area contributed by atoms with Gasteiger partial charge in [-0.2, -0.15) is 0 Å². The van der Waals surface area contributed by atoms with Gasteiger partial charge in [0.25, 0.3) is 0 Å². The monoisotopic (exact) mass is 408 g/mol. The van der Waals surface area contributed by atoms with Gasteiger partial charge in [0.1, 0.15) is 11.3 Å². The maximum atomic E-state index is 11.3. The number of hydrogen-bond donors (Lipinski definition) is 4. The molecule has 4 N–H and O–H groups in total. The lowest BCUT2D eigenvalue weighted by molar-refractivity contribution is 0.0683. The number of aliphatic hydroxyl groups is 2. The summed E-state index contributed by atoms with van der Waals surface area (Å²) in [5, 5.41) is 38.5. The molecule has 166 valence electrons. The van der Waals surface area contributed by atoms with E-state index >= 15 is 0 Å². The number of carboxylic acids is 1. The van der Waals surface area contributed by atoms with Crippen molar-refractivity contribution in [1.29, 1.82) is 0 Å². The Morgan fingerprint density at radius 2 is 1.41 bits per heavy atom. The summed E-state index contributed by atoms with van der Waals surface area (Å²) in [7, 11) is 0. The van der Waals surface area contributed by atoms with Gasteiger partial charge >= 0.3 is 5.97 Å². The number of aromatic hydroxyl groups is 1. The third kappa shape index (κ3) is 11.2. The van der Waals surface area contributed by atoms with Crippen molar-refractivity contribution >= 4 is 5.97 Å². The highest BCUT2D eigenvalue weighted by Crippen LogP contribution is 2.23. The quantitative estimate of drug-likeness (QED) is 0.257. The molecule has 0 aromatic heterocycles. The summed E-state index contributed by atoms with van der Waals surface area (Å²) in [4.78, 5) is 11.3. The topological polar surface area (TPSA) is 98.0 Å². The second-order valence-corrected chi connectivity index (χ2v) is 8.17. The molecule has 0 saturated carbocycles. The molecule has 5 nitrogen and oxygen atoms in total. The first-order valence-electron chi connectivity index (χ1n) is 11.4. The minimum absolute atomic E-state index is 0.0393. The van der Waals surface area contributed by atoms with E-state index in [4.69, 9.17) is 0 Å². The van der Waals surface area contributed by atoms with Gasteiger partial charge in [0.05, 0.1) is 12.2 Å². The summed E-state index contributed by atoms with van der Waals surface area (Å²) in [5.41, 5.74) is 0.749. The average Bonchev–Trinajstić information content (AvgIpc) is 2.65. The fraction of sp³-hybridized carbons (Fsp3) is 0.708. The van der Waals surface area contributed by atoms with Crippen molar-refractivity contribution in [3.63, 3.8) is 0 Å². The molecule has 0 aliphatic heterocycles. The molecule has 1 aromatic rings. The Morgan fingerprint density at radius 1 is 0.862 bits per heavy atom. The zero-order valence-corrected chi connectivity index (χ0v) is 18.0. The predicted molar refractivity (Wildman–Crippen MR) is 116 cm³/mol. The summed E-state index contributed by atoms with van der Waals surface area (Å²) >= 11 is 0. The Bertz CT molecular complexity index is 572. The van der Waals surface area contributed by atoms with Crippen LogP contribution in [0.1, 0.15) is 106 Å². The molecule has 0 aliphatic rings. The van der Waals surface area contributed by atoms with Crippen LogP contribution in [0.15, 0.2) is 18.2 Å². The van der Waals surface area contributed by atoms with Crippen molar-refractivity contribution in [2.75, 3.05) is 0 Å². The third-order valence-corrected chi connectivity index (χ3v) is 5.49. The summed E-state index contributed by atoms with van der Waals surface area (Å²) in [6.45, 7) is 2.04. The molecule has 0 radical (unpaired) electrons. The van der Waals surface area contributed by atoms with Gasteiger partial charge in [0.2, 0.25) is 0 Å². The highest BCUT2D eigenvalue weighted by atomic mass is 16.4. The van der Waals surface area contributed by atoms with Crippen molar-refractivity contribution in [3.8, 4) is 5.75 Å². The summed E-state index contributed by atoms with van der Waals surface area (Å²) in [5.74, 6) is -1.22. The fourth-order valence-corrected chi connectivity index (χ4v) is 3.86. The first-order valence-corrected chi connectivity index (χ1v) is 11.4. The molecule has 2 unspecified atom stereocenters. The number of carbonyl (C=O) groups is 1. The number of aryl methyl sites for hydroxylation is 1. The van der Waals surface area contributed by atoms with E-state index in [0.717, 1.165) is 51.4 Å². The van der Waals surface area contributed by atoms with Gasteiger partial charge in [0, 0.05) is 0 Å². The van der Waals surface area contributed by atoms with E-state index in [9.17, 15) is 25.2 Å². The fourth-order valence-electron chi connectivity index (χ4n) is 3.86. The zero-order valence-electron chi connectivity index (χ0n) is 18.0. The number of aromatic carboxylic acids is 1. The molecule has 0 aliphatic carbocycles. The Balaban J connectivity index is 1.99. The van der Waals surface area contributed by atoms with E-state index in [0.29, 0.717) is 18.4 Å². The van der Waals surface area contributed by atoms with Crippen molar-refractivity contribution in [2.45, 2.75) is 109 Å². The van der Waals surface area contributed by atoms with Crippen LogP contribution >= 0.6 is 0 Å². The van der Waals surface area contributed by atoms with Crippen LogP contribution in [0.4, 0.5) is 0 Å². The maximum absolute atomic E-state index is 11.3. The molecule has 29 heavy (non-hydrogen) atoms. The van der Waals surface area contributed by atoms with Gasteiger partial charge in [-0.3, -0.25) is 0 Å². The molecule has 5 heteroatoms. The standard InChI is InChI=1S/C24H40O5/c1-2-13-20(25)18-21(26)16-11-9-7-5-3-4-6-8-10-14-19-15-12-17-22(27)23(19)24(28)29/h12,15,17,20-21,25-27H,2-11,13-14,16,18H2,1H3,(H,28,29). The van der Waals surface area contributed by atoms with Crippen LogP contribution in [0.2, 0.25) is 0 Å². The lowest BCUT2D eigenvalue weighted by atomic mass is 9.99. The van der Waals surface area contributed by atoms with E-state index in [1.807, 2.05) is 6.92 Å². The van der Waals surface area contributed by atoms with E-state index in [1.165, 1.54) is 31.7 Å². The number of carboxylic acid groups (broad SMARTS) is 1. The lowest BCUT2D eigenvalue weighted by Crippen LogP contribution is -2.17. The highest BCUT2D eigenvalue weighted by molar-refractivity contribution is 5.92. The van der Waals surface area contributed by atoms with Crippen molar-refractivity contribution in [3.05, 3.63) is 29.3 Å². The third-order valence-electron chi connectivity index (χ3n) is 5.49. The second-order valence-electron chi connectivity index (χ2n) is 8.17. The predicted octanol–water partition coefficient (Wildman–Crippen LogP) is 5.45. The molecule has 2 atom stereocenters. The molecular weight excluding hydrogens is 368 g/mol. The second kappa shape index (κ2) is 15.3. The summed E-state index contributed by atoms with van der Waals surface area (Å²) in [6.07, 6.45) is 13.1. The van der Waals surface area contributed by atoms with E-state index in [-0.39, 0.29) is 23.5 Å². The van der Waals surface area contributed by atoms with Crippen molar-refractivity contribution in [1.82, 2.24) is 0 Å². The van der Waals surface area contributed by atoms with Crippen LogP contribution in [-0.4, -0.2) is 38.6 Å². The van der Waals surface area contributed by atoms with Crippen molar-refractivity contribution < 1.29 is 25.2 Å². The van der Waals surface area contributed by atoms with E-state index in [2.05, 4.69) is 0 Å². The number of hydrogen-bond acceptors (Lipinski definition) is 4. The maximum Gasteiger partial charge on any atom is 0.339 e. The Kier molecular flexibility index (Phi) is 13.4. The molecule has 0 heterocycles. The Morgan fingerprint density at radius 3 is 2.00 bits per heavy atom. The Hall–Kier alpha value is -1.59. The SMILES string of the molecule is CCCC(O)CC(O)CCCCCCCCCCCc1cccc(O)c1C(=O)O. The van der Waals surface area contributed by atoms with Gasteiger partial charge in [-0.15, -0.1) is 0 Å². The first-order chi connectivity index (χ1) is 14.0. The molecule has 0 saturated heterocycles. The van der Waals surface area contributed by atoms with Gasteiger partial charge < -0.3 is 20.4 Å². The first kappa shape index (κ1) is 25.4. The van der Waals surface area contributed by atoms with E-state index < -0.39 is 5.97 Å². The van der Waals surface area contributed by atoms with Crippen molar-refractivity contribution in [2.24, 2.45) is 0 Å². The van der Waals surface area contributed by atoms with Gasteiger partial charge in [-0.05, 0) is 43.7 Å². The van der Waals surface area contributed by atoms with Crippen LogP contribution < -0.4 is 0 Å². The smallest absolute Gasteiger partial charge is 0.339 e. The number of unbranched alkanes of at least 4 members (excludes halogenated alkanes) is 8. The van der Waals surface area contributed by atoms with Gasteiger partial charge in [-0.25, -0.2) is 4.79 Å². The minimum atomic E-state index is -1.07. The lowest BCUT2D eigenvalue weighted by Gasteiger charge is -2.14. The van der Waals surface area contributed by atoms with Gasteiger partial charge in [0.15, 0.2) is 0 Å².